The lowest BCUT2D eigenvalue weighted by molar-refractivity contribution is 0.414. The van der Waals surface area contributed by atoms with E-state index in [1.165, 1.54) is 27.8 Å². The van der Waals surface area contributed by atoms with Gasteiger partial charge in [0.25, 0.3) is 0 Å². The van der Waals surface area contributed by atoms with Crippen molar-refractivity contribution in [2.75, 3.05) is 25.7 Å². The van der Waals surface area contributed by atoms with Crippen molar-refractivity contribution < 1.29 is 4.74 Å². The molecule has 0 spiro atoms. The van der Waals surface area contributed by atoms with E-state index < -0.39 is 0 Å². The zero-order valence-corrected chi connectivity index (χ0v) is 17.0. The standard InChI is InChI=1S/C11H12N2S.C10H14OS/c14-8-12-6-5-9-7-13-11-4-2-1-3-10(9)11;1-11-10-5-3-9(4-6-10)7-8-12-2/h1-4,7-8,13H,5-6H2,(H,12,14);3-6H,7-8H2,1-2H3. The number of methoxy groups -OCH3 is 1. The highest BCUT2D eigenvalue weighted by Gasteiger charge is 2.01. The number of aryl methyl sites for hydroxylation is 1. The fraction of sp³-hybridized carbons (Fsp3) is 0.286. The minimum atomic E-state index is 0.894. The predicted octanol–water partition coefficient (Wildman–Crippen LogP) is 4.86. The summed E-state index contributed by atoms with van der Waals surface area (Å²) in [7, 11) is 1.69. The van der Waals surface area contributed by atoms with E-state index in [0.717, 1.165) is 25.1 Å². The van der Waals surface area contributed by atoms with Crippen molar-refractivity contribution in [2.45, 2.75) is 12.8 Å². The van der Waals surface area contributed by atoms with Crippen LogP contribution < -0.4 is 10.1 Å². The second kappa shape index (κ2) is 11.6. The quantitative estimate of drug-likeness (QED) is 0.428. The van der Waals surface area contributed by atoms with Crippen molar-refractivity contribution in [3.05, 3.63) is 65.9 Å². The zero-order valence-electron chi connectivity index (χ0n) is 15.3. The Morgan fingerprint density at radius 1 is 1.12 bits per heavy atom. The number of thioether (sulfide) groups is 1. The Hall–Kier alpha value is -1.98. The average Bonchev–Trinajstić information content (AvgIpc) is 3.11. The first-order valence-electron chi connectivity index (χ1n) is 8.62. The summed E-state index contributed by atoms with van der Waals surface area (Å²) in [4.78, 5) is 3.25. The highest BCUT2D eigenvalue weighted by atomic mass is 32.2. The third-order valence-electron chi connectivity index (χ3n) is 4.05. The molecule has 0 aliphatic heterocycles. The molecule has 0 saturated carbocycles. The normalized spacial score (nSPS) is 10.1. The molecule has 0 radical (unpaired) electrons. The summed E-state index contributed by atoms with van der Waals surface area (Å²) in [5.74, 6) is 2.12. The molecule has 0 bridgehead atoms. The number of aromatic amines is 1. The summed E-state index contributed by atoms with van der Waals surface area (Å²) in [5.41, 5.74) is 5.48. The van der Waals surface area contributed by atoms with Crippen molar-refractivity contribution in [1.82, 2.24) is 10.3 Å². The molecule has 0 fully saturated rings. The maximum atomic E-state index is 5.07. The second-order valence-corrected chi connectivity index (χ2v) is 6.99. The van der Waals surface area contributed by atoms with Crippen molar-refractivity contribution in [3.8, 4) is 5.75 Å². The van der Waals surface area contributed by atoms with E-state index in [1.54, 1.807) is 12.6 Å². The number of aromatic nitrogens is 1. The molecule has 2 N–H and O–H groups in total. The maximum absolute atomic E-state index is 5.07. The lowest BCUT2D eigenvalue weighted by atomic mass is 10.1. The Labute approximate surface area is 165 Å². The molecule has 0 aliphatic carbocycles. The van der Waals surface area contributed by atoms with E-state index in [9.17, 15) is 0 Å². The Balaban J connectivity index is 0.000000190. The monoisotopic (exact) mass is 386 g/mol. The van der Waals surface area contributed by atoms with E-state index in [2.05, 4.69) is 53.1 Å². The molecule has 2 aromatic carbocycles. The van der Waals surface area contributed by atoms with Gasteiger partial charge in [-0.25, -0.2) is 0 Å². The van der Waals surface area contributed by atoms with Crippen LogP contribution in [0.1, 0.15) is 11.1 Å². The molecule has 1 heterocycles. The smallest absolute Gasteiger partial charge is 0.118 e. The molecular formula is C21H26N2OS2. The molecular weight excluding hydrogens is 360 g/mol. The number of thiocarbonyl (C=S) groups is 1. The number of hydrogen-bond acceptors (Lipinski definition) is 3. The number of benzene rings is 2. The van der Waals surface area contributed by atoms with Crippen LogP contribution in [0, 0.1) is 0 Å². The van der Waals surface area contributed by atoms with Gasteiger partial charge in [0.2, 0.25) is 0 Å². The average molecular weight is 387 g/mol. The van der Waals surface area contributed by atoms with Gasteiger partial charge in [-0.05, 0) is 54.2 Å². The van der Waals surface area contributed by atoms with Crippen molar-refractivity contribution in [3.63, 3.8) is 0 Å². The molecule has 0 amide bonds. The number of fused-ring (bicyclic) bond motifs is 1. The van der Waals surface area contributed by atoms with Crippen LogP contribution in [0.25, 0.3) is 10.9 Å². The van der Waals surface area contributed by atoms with Gasteiger partial charge in [-0.1, -0.05) is 42.5 Å². The molecule has 3 nitrogen and oxygen atoms in total. The van der Waals surface area contributed by atoms with Gasteiger partial charge in [-0.2, -0.15) is 11.8 Å². The predicted molar refractivity (Wildman–Crippen MR) is 119 cm³/mol. The van der Waals surface area contributed by atoms with Gasteiger partial charge in [0.1, 0.15) is 5.75 Å². The molecule has 138 valence electrons. The number of ether oxygens (including phenoxy) is 1. The van der Waals surface area contributed by atoms with Gasteiger partial charge in [-0.3, -0.25) is 0 Å². The Morgan fingerprint density at radius 2 is 1.88 bits per heavy atom. The molecule has 3 rings (SSSR count). The van der Waals surface area contributed by atoms with Crippen LogP contribution in [-0.2, 0) is 12.8 Å². The van der Waals surface area contributed by atoms with E-state index in [1.807, 2.05) is 30.0 Å². The second-order valence-electron chi connectivity index (χ2n) is 5.77. The zero-order chi connectivity index (χ0) is 18.6. The SMILES string of the molecule is COc1ccc(CCSC)cc1.S=CNCCc1c[nH]c2ccccc12. The molecule has 0 atom stereocenters. The fourth-order valence-corrected chi connectivity index (χ4v) is 3.17. The fourth-order valence-electron chi connectivity index (χ4n) is 2.62. The van der Waals surface area contributed by atoms with Gasteiger partial charge in [0, 0.05) is 23.6 Å². The highest BCUT2D eigenvalue weighted by Crippen LogP contribution is 2.17. The van der Waals surface area contributed by atoms with Gasteiger partial charge < -0.3 is 15.0 Å². The van der Waals surface area contributed by atoms with Gasteiger partial charge >= 0.3 is 0 Å². The molecule has 26 heavy (non-hydrogen) atoms. The van der Waals surface area contributed by atoms with Crippen molar-refractivity contribution in [2.24, 2.45) is 0 Å². The summed E-state index contributed by atoms with van der Waals surface area (Å²) in [6.07, 6.45) is 6.33. The van der Waals surface area contributed by atoms with Crippen LogP contribution >= 0.6 is 24.0 Å². The Kier molecular flexibility index (Phi) is 9.07. The van der Waals surface area contributed by atoms with E-state index in [0.29, 0.717) is 0 Å². The highest BCUT2D eigenvalue weighted by molar-refractivity contribution is 7.98. The summed E-state index contributed by atoms with van der Waals surface area (Å²) >= 11 is 6.57. The summed E-state index contributed by atoms with van der Waals surface area (Å²) in [6, 6.07) is 16.6. The van der Waals surface area contributed by atoms with Crippen LogP contribution in [-0.4, -0.2) is 36.1 Å². The summed E-state index contributed by atoms with van der Waals surface area (Å²) in [6.45, 7) is 0.894. The minimum Gasteiger partial charge on any atom is -0.497 e. The van der Waals surface area contributed by atoms with Gasteiger partial charge in [0.15, 0.2) is 0 Å². The first-order chi connectivity index (χ1) is 12.8. The van der Waals surface area contributed by atoms with Crippen LogP contribution in [0.5, 0.6) is 5.75 Å². The number of para-hydroxylation sites is 1. The lowest BCUT2D eigenvalue weighted by Crippen LogP contribution is -2.12. The number of hydrogen-bond donors (Lipinski definition) is 2. The third kappa shape index (κ3) is 6.39. The first-order valence-corrected chi connectivity index (χ1v) is 10.5. The van der Waals surface area contributed by atoms with Gasteiger partial charge in [0.05, 0.1) is 12.6 Å². The largest absolute Gasteiger partial charge is 0.497 e. The molecule has 0 saturated heterocycles. The summed E-state index contributed by atoms with van der Waals surface area (Å²) in [5, 5.41) is 4.33. The van der Waals surface area contributed by atoms with E-state index in [-0.39, 0.29) is 0 Å². The van der Waals surface area contributed by atoms with Crippen molar-refractivity contribution >= 4 is 40.4 Å². The number of rotatable bonds is 8. The minimum absolute atomic E-state index is 0.894. The van der Waals surface area contributed by atoms with E-state index in [4.69, 9.17) is 17.0 Å². The number of nitrogens with one attached hydrogen (secondary N) is 2. The molecule has 1 aromatic heterocycles. The maximum Gasteiger partial charge on any atom is 0.118 e. The van der Waals surface area contributed by atoms with Crippen LogP contribution in [0.3, 0.4) is 0 Å². The van der Waals surface area contributed by atoms with Crippen LogP contribution in [0.15, 0.2) is 54.7 Å². The first kappa shape index (κ1) is 20.3. The van der Waals surface area contributed by atoms with Crippen molar-refractivity contribution in [1.29, 1.82) is 0 Å². The lowest BCUT2D eigenvalue weighted by Gasteiger charge is -2.01. The number of H-pyrrole nitrogens is 1. The summed E-state index contributed by atoms with van der Waals surface area (Å²) < 4.78 is 5.07. The molecule has 5 heteroatoms. The topological polar surface area (TPSA) is 37.0 Å². The van der Waals surface area contributed by atoms with Crippen LogP contribution in [0.4, 0.5) is 0 Å². The molecule has 0 unspecified atom stereocenters. The Morgan fingerprint density at radius 3 is 2.58 bits per heavy atom. The molecule has 0 aliphatic rings. The van der Waals surface area contributed by atoms with Crippen LogP contribution in [0.2, 0.25) is 0 Å². The van der Waals surface area contributed by atoms with Gasteiger partial charge in [-0.15, -0.1) is 0 Å². The molecule has 3 aromatic rings. The Bertz CT molecular complexity index is 784. The van der Waals surface area contributed by atoms with E-state index >= 15 is 0 Å². The third-order valence-corrected chi connectivity index (χ3v) is 4.83.